The van der Waals surface area contributed by atoms with E-state index in [0.717, 1.165) is 56.7 Å². The van der Waals surface area contributed by atoms with Crippen LogP contribution in [0.4, 0.5) is 22.7 Å². The predicted molar refractivity (Wildman–Crippen MR) is 286 cm³/mol. The Morgan fingerprint density at radius 2 is 0.853 bits per heavy atom. The van der Waals surface area contributed by atoms with Gasteiger partial charge in [-0.3, -0.25) is 0 Å². The van der Waals surface area contributed by atoms with E-state index in [2.05, 4.69) is 166 Å². The van der Waals surface area contributed by atoms with Crippen LogP contribution in [0.5, 0.6) is 0 Å². The number of para-hydroxylation sites is 4. The molecule has 6 aromatic rings. The fourth-order valence-corrected chi connectivity index (χ4v) is 12.1. The molecule has 68 heavy (non-hydrogen) atoms. The van der Waals surface area contributed by atoms with E-state index in [0.29, 0.717) is 25.9 Å². The highest BCUT2D eigenvalue weighted by Gasteiger charge is 2.57. The monoisotopic (exact) mass is 938 g/mol. The van der Waals surface area contributed by atoms with E-state index in [1.54, 1.807) is 0 Å². The molecule has 4 heterocycles. The summed E-state index contributed by atoms with van der Waals surface area (Å²) in [6, 6.07) is 54.2. The first-order valence-corrected chi connectivity index (χ1v) is 25.8. The van der Waals surface area contributed by atoms with E-state index in [9.17, 15) is 8.42 Å². The van der Waals surface area contributed by atoms with E-state index in [1.165, 1.54) is 11.1 Å². The fourth-order valence-electron chi connectivity index (χ4n) is 10.3. The second kappa shape index (κ2) is 18.8. The summed E-state index contributed by atoms with van der Waals surface area (Å²) in [6.45, 7) is 21.7. The number of nitrogens with one attached hydrogen (secondary N) is 2. The minimum Gasteiger partial charge on any atom is -0.324 e. The topological polar surface area (TPSA) is 89.4 Å². The first-order valence-electron chi connectivity index (χ1n) is 23.5. The van der Waals surface area contributed by atoms with Crippen molar-refractivity contribution in [2.45, 2.75) is 99.9 Å². The van der Waals surface area contributed by atoms with Gasteiger partial charge in [-0.15, -0.1) is 13.2 Å². The van der Waals surface area contributed by atoms with Crippen LogP contribution in [0.1, 0.15) is 99.8 Å². The largest absolute Gasteiger partial charge is 0.324 e. The molecule has 10 heteroatoms. The Morgan fingerprint density at radius 3 is 1.22 bits per heavy atom. The Kier molecular flexibility index (Phi) is 13.0. The average Bonchev–Trinajstić information content (AvgIpc) is 3.85. The molecule has 0 bridgehead atoms. The van der Waals surface area contributed by atoms with Gasteiger partial charge < -0.3 is 9.80 Å². The zero-order valence-electron chi connectivity index (χ0n) is 40.0. The molecule has 8 nitrogen and oxygen atoms in total. The van der Waals surface area contributed by atoms with Crippen LogP contribution >= 0.6 is 0 Å². The number of hydrogen-bond donors (Lipinski definition) is 2. The maximum Gasteiger partial charge on any atom is 0.123 e. The molecular weight excluding hydrogens is 877 g/mol. The lowest BCUT2D eigenvalue weighted by Crippen LogP contribution is -2.57. The Hall–Kier alpha value is -6.04. The van der Waals surface area contributed by atoms with Crippen molar-refractivity contribution >= 4 is 56.4 Å². The van der Waals surface area contributed by atoms with E-state index in [4.69, 9.17) is 9.98 Å². The molecule has 0 saturated carbocycles. The molecule has 10 rings (SSSR count). The molecule has 4 aliphatic heterocycles. The highest BCUT2D eigenvalue weighted by atomic mass is 32.2. The van der Waals surface area contributed by atoms with Gasteiger partial charge >= 0.3 is 0 Å². The van der Waals surface area contributed by atoms with Crippen molar-refractivity contribution in [3.63, 3.8) is 0 Å². The molecule has 4 aliphatic rings. The molecule has 0 aliphatic carbocycles. The summed E-state index contributed by atoms with van der Waals surface area (Å²) < 4.78 is 33.3. The van der Waals surface area contributed by atoms with E-state index in [-0.39, 0.29) is 12.1 Å². The zero-order valence-corrected chi connectivity index (χ0v) is 41.6. The van der Waals surface area contributed by atoms with Gasteiger partial charge in [0.2, 0.25) is 0 Å². The number of nitrogens with zero attached hydrogens (tertiary/aromatic N) is 4. The number of rotatable bonds is 12. The van der Waals surface area contributed by atoms with Crippen LogP contribution in [-0.4, -0.2) is 29.6 Å². The number of fused-ring (bicyclic) bond motifs is 8. The number of allylic oxidation sites excluding steroid dienone is 2. The van der Waals surface area contributed by atoms with Crippen LogP contribution in [-0.2, 0) is 45.9 Å². The van der Waals surface area contributed by atoms with E-state index >= 15 is 0 Å². The zero-order chi connectivity index (χ0) is 47.8. The van der Waals surface area contributed by atoms with Crippen molar-refractivity contribution in [1.29, 1.82) is 0 Å². The first kappa shape index (κ1) is 47.0. The van der Waals surface area contributed by atoms with Crippen LogP contribution in [0, 0.1) is 0 Å². The lowest BCUT2D eigenvalue weighted by Gasteiger charge is -2.49. The maximum absolute atomic E-state index is 13.5. The van der Waals surface area contributed by atoms with Gasteiger partial charge in [0, 0.05) is 24.5 Å². The normalized spacial score (nSPS) is 21.8. The van der Waals surface area contributed by atoms with Crippen molar-refractivity contribution in [1.82, 2.24) is 9.44 Å². The highest BCUT2D eigenvalue weighted by Crippen LogP contribution is 2.58. The number of aliphatic imine (C=N–C) groups is 2. The van der Waals surface area contributed by atoms with Crippen molar-refractivity contribution in [3.05, 3.63) is 216 Å². The fraction of sp³-hybridized carbons (Fsp3) is 0.276. The molecule has 6 atom stereocenters. The van der Waals surface area contributed by atoms with Crippen molar-refractivity contribution in [2.75, 3.05) is 9.80 Å². The van der Waals surface area contributed by atoms with E-state index < -0.39 is 42.3 Å². The van der Waals surface area contributed by atoms with Crippen LogP contribution in [0.25, 0.3) is 0 Å². The number of benzene rings is 6. The molecule has 0 amide bonds. The molecule has 6 aromatic carbocycles. The smallest absolute Gasteiger partial charge is 0.123 e. The van der Waals surface area contributed by atoms with Gasteiger partial charge in [-0.1, -0.05) is 146 Å². The summed E-state index contributed by atoms with van der Waals surface area (Å²) in [5, 5.41) is 0. The van der Waals surface area contributed by atoms with Crippen LogP contribution in [0.15, 0.2) is 193 Å². The van der Waals surface area contributed by atoms with Gasteiger partial charge in [-0.25, -0.2) is 27.8 Å². The second-order valence-electron chi connectivity index (χ2n) is 20.0. The third-order valence-corrected chi connectivity index (χ3v) is 16.6. The Morgan fingerprint density at radius 1 is 0.515 bits per heavy atom. The molecule has 0 unspecified atom stereocenters. The van der Waals surface area contributed by atoms with Crippen LogP contribution in [0.3, 0.4) is 0 Å². The Labute approximate surface area is 408 Å². The van der Waals surface area contributed by atoms with E-state index in [1.807, 2.05) is 78.0 Å². The summed E-state index contributed by atoms with van der Waals surface area (Å²) in [5.74, 6) is 1.97. The molecule has 348 valence electrons. The molecule has 2 N–H and O–H groups in total. The third-order valence-electron chi connectivity index (χ3n) is 13.5. The average molecular weight is 939 g/mol. The number of anilines is 2. The lowest BCUT2D eigenvalue weighted by atomic mass is 9.66. The molecular formula is C58H62N6O2S2. The first-order chi connectivity index (χ1) is 32.7. The highest BCUT2D eigenvalue weighted by molar-refractivity contribution is 7.84. The van der Waals surface area contributed by atoms with Gasteiger partial charge in [0.25, 0.3) is 0 Å². The van der Waals surface area contributed by atoms with Gasteiger partial charge in [-0.2, -0.15) is 0 Å². The van der Waals surface area contributed by atoms with Gasteiger partial charge in [0.05, 0.1) is 65.8 Å². The minimum atomic E-state index is -1.26. The van der Waals surface area contributed by atoms with Crippen molar-refractivity contribution in [2.24, 2.45) is 9.98 Å². The summed E-state index contributed by atoms with van der Waals surface area (Å²) in [5.41, 5.74) is 10.1. The standard InChI is InChI=1S/2C29H31N3OS/c2*1-5-19-29-23-16-10-11-17-24(23)30-27(29)32(20-21-13-7-6-8-14-21)25-18-12-9-15-22(25)26(29)31-34(33)28(2,3)4/h2*5-18,26,31H,1,19-20H2,2-4H3/t2*26-,29+,34+/m00/s1. The van der Waals surface area contributed by atoms with Gasteiger partial charge in [-0.05, 0) is 112 Å². The molecule has 0 spiro atoms. The van der Waals surface area contributed by atoms with Gasteiger partial charge in [0.15, 0.2) is 0 Å². The summed E-state index contributed by atoms with van der Waals surface area (Å²) >= 11 is 0. The minimum absolute atomic E-state index is 0.212. The molecule has 0 aromatic heterocycles. The SMILES string of the molecule is C=CC[C@@]12C(=Nc3ccccc31)N(Cc1ccccc1)c1ccccc1[C@@H]2N[S@](=O)C(C)(C)C.C=CC[C@@]12C(=Nc3ccccc31)N(Cc1ccccc1)c1ccccc1[C@@H]2N[S@](=O)C(C)(C)C. The summed E-state index contributed by atoms with van der Waals surface area (Å²) in [6.07, 6.45) is 5.31. The number of hydrogen-bond acceptors (Lipinski definition) is 6. The second-order valence-corrected chi connectivity index (χ2v) is 24.0. The molecule has 0 radical (unpaired) electrons. The summed E-state index contributed by atoms with van der Waals surface area (Å²) in [4.78, 5) is 15.1. The summed E-state index contributed by atoms with van der Waals surface area (Å²) in [7, 11) is -2.53. The van der Waals surface area contributed by atoms with Crippen LogP contribution in [0.2, 0.25) is 0 Å². The lowest BCUT2D eigenvalue weighted by molar-refractivity contribution is 0.428. The number of amidine groups is 2. The third kappa shape index (κ3) is 8.35. The predicted octanol–water partition coefficient (Wildman–Crippen LogP) is 12.7. The molecule has 0 fully saturated rings. The van der Waals surface area contributed by atoms with Gasteiger partial charge in [0.1, 0.15) is 11.7 Å². The Bertz CT molecular complexity index is 2760. The molecule has 0 saturated heterocycles. The quantitative estimate of drug-likeness (QED) is 0.120. The Balaban J connectivity index is 0.000000170. The van der Waals surface area contributed by atoms with Crippen molar-refractivity contribution < 1.29 is 8.42 Å². The maximum atomic E-state index is 13.5. The van der Waals surface area contributed by atoms with Crippen molar-refractivity contribution in [3.8, 4) is 0 Å². The van der Waals surface area contributed by atoms with Crippen LogP contribution < -0.4 is 19.2 Å².